The van der Waals surface area contributed by atoms with Gasteiger partial charge in [0.2, 0.25) is 0 Å². The van der Waals surface area contributed by atoms with Crippen LogP contribution in [0, 0.1) is 0 Å². The molecular formula is C3H5F4LiO3S. The Kier molecular flexibility index (Phi) is 10.1. The topological polar surface area (TPSA) is 57.2 Å². The van der Waals surface area contributed by atoms with E-state index >= 15 is 0 Å². The zero-order valence-electron chi connectivity index (χ0n) is 6.35. The molecule has 0 unspecified atom stereocenters. The molecule has 0 rings (SSSR count). The molecule has 0 aromatic heterocycles. The number of hydrogen-bond acceptors (Lipinski definition) is 3. The fourth-order valence-electron chi connectivity index (χ4n) is 0. The van der Waals surface area contributed by atoms with Crippen LogP contribution < -0.4 is 18.9 Å². The van der Waals surface area contributed by atoms with E-state index in [4.69, 9.17) is 13.0 Å². The molecule has 0 heterocycles. The average molecular weight is 204 g/mol. The smallest absolute Gasteiger partial charge is 0.748 e. The van der Waals surface area contributed by atoms with Crippen molar-refractivity contribution in [3.63, 3.8) is 0 Å². The van der Waals surface area contributed by atoms with Gasteiger partial charge in [0, 0.05) is 6.26 Å². The maximum Gasteiger partial charge on any atom is 1.00 e. The Morgan fingerprint density at radius 1 is 1.33 bits per heavy atom. The van der Waals surface area contributed by atoms with E-state index in [1.54, 1.807) is 0 Å². The summed E-state index contributed by atoms with van der Waals surface area (Å²) in [5.74, 6) is 0. The zero-order chi connectivity index (χ0) is 9.71. The van der Waals surface area contributed by atoms with Crippen molar-refractivity contribution in [2.75, 3.05) is 12.9 Å². The van der Waals surface area contributed by atoms with Crippen LogP contribution in [-0.2, 0) is 10.1 Å². The fourth-order valence-corrected chi connectivity index (χ4v) is 0. The predicted molar refractivity (Wildman–Crippen MR) is 27.7 cm³/mol. The first-order chi connectivity index (χ1) is 4.56. The molecular weight excluding hydrogens is 199 g/mol. The largest absolute Gasteiger partial charge is 1.00 e. The Bertz CT molecular complexity index is 178. The standard InChI is InChI=1S/C2H2F4.CH4O3S.Li/c3-1-2(4,5)6;1-5(2,3)4;/h1H2;1H3,(H,2,3,4);/q;;+1/p-1. The minimum atomic E-state index is -4.62. The van der Waals surface area contributed by atoms with E-state index in [-0.39, 0.29) is 18.9 Å². The van der Waals surface area contributed by atoms with Gasteiger partial charge in [0.05, 0.1) is 10.1 Å². The van der Waals surface area contributed by atoms with Crippen molar-refractivity contribution in [2.24, 2.45) is 0 Å². The summed E-state index contributed by atoms with van der Waals surface area (Å²) < 4.78 is 68.8. The Balaban J connectivity index is -0.000000126. The third-order valence-electron chi connectivity index (χ3n) is 0.152. The Morgan fingerprint density at radius 3 is 1.42 bits per heavy atom. The molecule has 12 heavy (non-hydrogen) atoms. The summed E-state index contributed by atoms with van der Waals surface area (Å²) in [7, 11) is -3.92. The number of hydrogen-bond donors (Lipinski definition) is 0. The summed E-state index contributed by atoms with van der Waals surface area (Å²) in [6.07, 6.45) is -4.02. The molecule has 0 aromatic carbocycles. The summed E-state index contributed by atoms with van der Waals surface area (Å²) >= 11 is 0. The van der Waals surface area contributed by atoms with Crippen LogP contribution in [0.5, 0.6) is 0 Å². The summed E-state index contributed by atoms with van der Waals surface area (Å²) in [5.41, 5.74) is 0. The molecule has 3 nitrogen and oxygen atoms in total. The van der Waals surface area contributed by atoms with Gasteiger partial charge in [-0.3, -0.25) is 0 Å². The van der Waals surface area contributed by atoms with Gasteiger partial charge < -0.3 is 4.55 Å². The molecule has 0 saturated heterocycles. The molecule has 0 aliphatic carbocycles. The van der Waals surface area contributed by atoms with E-state index in [0.717, 1.165) is 0 Å². The monoisotopic (exact) mass is 204 g/mol. The molecule has 0 radical (unpaired) electrons. The van der Waals surface area contributed by atoms with Crippen LogP contribution in [-0.4, -0.2) is 32.1 Å². The van der Waals surface area contributed by atoms with E-state index in [9.17, 15) is 17.6 Å². The molecule has 0 amide bonds. The second-order valence-corrected chi connectivity index (χ2v) is 2.86. The van der Waals surface area contributed by atoms with Gasteiger partial charge in [-0.1, -0.05) is 0 Å². The third-order valence-corrected chi connectivity index (χ3v) is 0.152. The molecule has 0 atom stereocenters. The van der Waals surface area contributed by atoms with Gasteiger partial charge in [-0.05, 0) is 0 Å². The minimum absolute atomic E-state index is 0. The summed E-state index contributed by atoms with van der Waals surface area (Å²) in [6, 6.07) is 0. The van der Waals surface area contributed by atoms with Crippen LogP contribution in [0.4, 0.5) is 17.6 Å². The summed E-state index contributed by atoms with van der Waals surface area (Å²) in [5, 5.41) is 0. The molecule has 9 heteroatoms. The zero-order valence-corrected chi connectivity index (χ0v) is 7.17. The number of rotatable bonds is 0. The van der Waals surface area contributed by atoms with E-state index in [2.05, 4.69) is 0 Å². The molecule has 0 aliphatic heterocycles. The maximum absolute atomic E-state index is 10.4. The molecule has 0 N–H and O–H groups in total. The summed E-state index contributed by atoms with van der Waals surface area (Å²) in [4.78, 5) is 0. The second kappa shape index (κ2) is 6.71. The van der Waals surface area contributed by atoms with E-state index in [0.29, 0.717) is 6.26 Å². The van der Waals surface area contributed by atoms with Crippen LogP contribution in [0.3, 0.4) is 0 Å². The third kappa shape index (κ3) is 83.6. The molecule has 0 saturated carbocycles. The molecule has 0 bridgehead atoms. The van der Waals surface area contributed by atoms with Crippen LogP contribution in [0.15, 0.2) is 0 Å². The van der Waals surface area contributed by atoms with Crippen molar-refractivity contribution in [2.45, 2.75) is 6.18 Å². The summed E-state index contributed by atoms with van der Waals surface area (Å²) in [6.45, 7) is -2.23. The van der Waals surface area contributed by atoms with Crippen molar-refractivity contribution in [1.82, 2.24) is 0 Å². The van der Waals surface area contributed by atoms with Gasteiger partial charge in [-0.2, -0.15) is 13.2 Å². The van der Waals surface area contributed by atoms with Gasteiger partial charge >= 0.3 is 25.0 Å². The van der Waals surface area contributed by atoms with E-state index in [1.165, 1.54) is 0 Å². The molecule has 0 aromatic rings. The maximum atomic E-state index is 10.4. The molecule has 0 aliphatic rings. The van der Waals surface area contributed by atoms with Crippen LogP contribution in [0.25, 0.3) is 0 Å². The number of halogens is 4. The first kappa shape index (κ1) is 18.1. The van der Waals surface area contributed by atoms with Gasteiger partial charge in [-0.15, -0.1) is 0 Å². The second-order valence-electron chi connectivity index (χ2n) is 1.45. The van der Waals surface area contributed by atoms with E-state index < -0.39 is 23.0 Å². The van der Waals surface area contributed by atoms with Crippen LogP contribution >= 0.6 is 0 Å². The SMILES string of the molecule is CS(=O)(=O)[O-].FCC(F)(F)F.[Li+]. The first-order valence-corrected chi connectivity index (χ1v) is 3.91. The van der Waals surface area contributed by atoms with Gasteiger partial charge in [0.25, 0.3) is 0 Å². The average Bonchev–Trinajstić information content (AvgIpc) is 1.59. The molecule has 70 valence electrons. The van der Waals surface area contributed by atoms with Gasteiger partial charge in [-0.25, -0.2) is 12.8 Å². The van der Waals surface area contributed by atoms with Gasteiger partial charge in [0.1, 0.15) is 0 Å². The van der Waals surface area contributed by atoms with Gasteiger partial charge in [0.15, 0.2) is 6.67 Å². The van der Waals surface area contributed by atoms with Crippen molar-refractivity contribution in [3.8, 4) is 0 Å². The minimum Gasteiger partial charge on any atom is -0.748 e. The Hall–Kier alpha value is 0.227. The van der Waals surface area contributed by atoms with Crippen molar-refractivity contribution < 1.29 is 49.4 Å². The van der Waals surface area contributed by atoms with Crippen molar-refractivity contribution >= 4 is 10.1 Å². The van der Waals surface area contributed by atoms with Crippen molar-refractivity contribution in [1.29, 1.82) is 0 Å². The quantitative estimate of drug-likeness (QED) is 0.253. The van der Waals surface area contributed by atoms with Crippen LogP contribution in [0.2, 0.25) is 0 Å². The predicted octanol–water partition coefficient (Wildman–Crippen LogP) is -2.32. The Morgan fingerprint density at radius 2 is 1.42 bits per heavy atom. The molecule has 0 fully saturated rings. The number of alkyl halides is 4. The normalized spacial score (nSPS) is 10.8. The fraction of sp³-hybridized carbons (Fsp3) is 1.00. The van der Waals surface area contributed by atoms with E-state index in [1.807, 2.05) is 0 Å². The van der Waals surface area contributed by atoms with Crippen molar-refractivity contribution in [3.05, 3.63) is 0 Å². The van der Waals surface area contributed by atoms with Crippen LogP contribution in [0.1, 0.15) is 0 Å². The Labute approximate surface area is 79.1 Å². The molecule has 0 spiro atoms. The first-order valence-electron chi connectivity index (χ1n) is 2.10.